The topological polar surface area (TPSA) is 123 Å². The Balaban J connectivity index is 2.13. The van der Waals surface area contributed by atoms with Gasteiger partial charge in [0.15, 0.2) is 11.1 Å². The van der Waals surface area contributed by atoms with Gasteiger partial charge in [0.2, 0.25) is 0 Å². The molecule has 8 nitrogen and oxygen atoms in total. The maximum Gasteiger partial charge on any atom is 0.154 e. The van der Waals surface area contributed by atoms with E-state index >= 15 is 0 Å². The maximum absolute atomic E-state index is 10.2. The number of aromatic nitrogens is 2. The molecule has 2 aromatic heterocycles. The second kappa shape index (κ2) is 11.3. The van der Waals surface area contributed by atoms with Crippen LogP contribution >= 0.6 is 0 Å². The highest BCUT2D eigenvalue weighted by Gasteiger charge is 2.20. The minimum Gasteiger partial charge on any atom is -0.497 e. The van der Waals surface area contributed by atoms with Crippen LogP contribution in [0.4, 0.5) is 0 Å². The summed E-state index contributed by atoms with van der Waals surface area (Å²) in [5.41, 5.74) is 1.17. The first-order valence-corrected chi connectivity index (χ1v) is 13.5. The third-order valence-electron chi connectivity index (χ3n) is 7.54. The monoisotopic (exact) mass is 570 g/mol. The lowest BCUT2D eigenvalue weighted by Crippen LogP contribution is -2.20. The van der Waals surface area contributed by atoms with E-state index in [0.29, 0.717) is 55.0 Å². The number of rotatable bonds is 4. The highest BCUT2D eigenvalue weighted by atomic mass is 16.5. The van der Waals surface area contributed by atoms with E-state index in [1.807, 2.05) is 106 Å². The zero-order valence-electron chi connectivity index (χ0n) is 23.7. The molecule has 0 aliphatic carbocycles. The van der Waals surface area contributed by atoms with E-state index in [9.17, 15) is 21.0 Å². The lowest BCUT2D eigenvalue weighted by atomic mass is 10.1. The molecule has 44 heavy (non-hydrogen) atoms. The Morgan fingerprint density at radius 1 is 0.500 bits per heavy atom. The largest absolute Gasteiger partial charge is 0.497 e. The number of fused-ring (bicyclic) bond motifs is 2. The summed E-state index contributed by atoms with van der Waals surface area (Å²) in [6.45, 7) is 0. The van der Waals surface area contributed by atoms with E-state index in [1.54, 1.807) is 14.2 Å². The van der Waals surface area contributed by atoms with E-state index in [1.165, 1.54) is 0 Å². The minimum absolute atomic E-state index is 0.0689. The smallest absolute Gasteiger partial charge is 0.154 e. The number of methoxy groups -OCH3 is 2. The molecule has 0 aliphatic rings. The number of nitrogens with zero attached hydrogens (tertiary/aromatic N) is 6. The summed E-state index contributed by atoms with van der Waals surface area (Å²) in [7, 11) is 3.15. The lowest BCUT2D eigenvalue weighted by molar-refractivity contribution is 0.414. The summed E-state index contributed by atoms with van der Waals surface area (Å²) in [6, 6.07) is 38.3. The molecule has 0 N–H and O–H groups in total. The molecule has 2 heterocycles. The molecule has 6 rings (SSSR count). The standard InChI is InChI=1S/C36H22N6O2/c1-43-27-11-7-9-25(17-27)41-33(23(19-37)20-38)29-13-3-5-15-31(29)35(41)36-32-16-6-4-14-30(32)34(24(21-39)22-40)42(36)26-10-8-12-28(18-26)44-2/h3-18H,1-2H3/b36-35+. The summed E-state index contributed by atoms with van der Waals surface area (Å²) in [4.78, 5) is 0. The second-order valence-electron chi connectivity index (χ2n) is 9.76. The summed E-state index contributed by atoms with van der Waals surface area (Å²) in [5, 5.41) is 45.7. The Kier molecular flexibility index (Phi) is 7.02. The summed E-state index contributed by atoms with van der Waals surface area (Å²) < 4.78 is 14.9. The quantitative estimate of drug-likeness (QED) is 0.284. The molecule has 0 radical (unpaired) electrons. The van der Waals surface area contributed by atoms with Crippen molar-refractivity contribution in [2.75, 3.05) is 14.2 Å². The molecule has 0 bridgehead atoms. The Labute approximate surface area is 251 Å². The molecule has 4 aromatic carbocycles. The Bertz CT molecular complexity index is 2320. The van der Waals surface area contributed by atoms with Gasteiger partial charge in [-0.25, -0.2) is 0 Å². The average molecular weight is 571 g/mol. The summed E-state index contributed by atoms with van der Waals surface area (Å²) >= 11 is 0. The van der Waals surface area contributed by atoms with Gasteiger partial charge in [-0.2, -0.15) is 21.0 Å². The highest BCUT2D eigenvalue weighted by Crippen LogP contribution is 2.27. The van der Waals surface area contributed by atoms with Crippen LogP contribution in [0.5, 0.6) is 11.5 Å². The van der Waals surface area contributed by atoms with Crippen molar-refractivity contribution in [3.05, 3.63) is 118 Å². The van der Waals surface area contributed by atoms with Gasteiger partial charge in [0.25, 0.3) is 0 Å². The summed E-state index contributed by atoms with van der Waals surface area (Å²) in [6.07, 6.45) is 0. The second-order valence-corrected chi connectivity index (χ2v) is 9.76. The van der Waals surface area contributed by atoms with Crippen LogP contribution < -0.4 is 20.2 Å². The van der Waals surface area contributed by atoms with E-state index < -0.39 is 0 Å². The van der Waals surface area contributed by atoms with Crippen molar-refractivity contribution >= 4 is 32.7 Å². The Morgan fingerprint density at radius 3 is 1.20 bits per heavy atom. The van der Waals surface area contributed by atoms with Crippen LogP contribution in [0.2, 0.25) is 0 Å². The molecule has 6 aromatic rings. The molecule has 0 atom stereocenters. The molecular formula is C36H22N6O2. The Morgan fingerprint density at radius 2 is 0.864 bits per heavy atom. The third-order valence-corrected chi connectivity index (χ3v) is 7.54. The molecule has 208 valence electrons. The first kappa shape index (κ1) is 27.4. The first-order valence-electron chi connectivity index (χ1n) is 13.5. The van der Waals surface area contributed by atoms with E-state index in [2.05, 4.69) is 24.3 Å². The zero-order chi connectivity index (χ0) is 30.8. The molecular weight excluding hydrogens is 548 g/mol. The van der Waals surface area contributed by atoms with Crippen molar-refractivity contribution in [3.8, 4) is 47.2 Å². The number of benzene rings is 4. The van der Waals surface area contributed by atoms with Gasteiger partial charge in [0.05, 0.1) is 47.0 Å². The number of ether oxygens (including phenoxy) is 2. The molecule has 0 saturated carbocycles. The fraction of sp³-hybridized carbons (Fsp3) is 0.0556. The molecule has 0 aliphatic heterocycles. The van der Waals surface area contributed by atoms with Crippen molar-refractivity contribution in [1.82, 2.24) is 9.13 Å². The fourth-order valence-corrected chi connectivity index (χ4v) is 5.73. The molecule has 8 heteroatoms. The van der Waals surface area contributed by atoms with Crippen molar-refractivity contribution in [1.29, 1.82) is 21.0 Å². The van der Waals surface area contributed by atoms with Crippen LogP contribution in [0, 0.1) is 56.0 Å². The van der Waals surface area contributed by atoms with Crippen LogP contribution in [0.3, 0.4) is 0 Å². The fourth-order valence-electron chi connectivity index (χ4n) is 5.73. The van der Waals surface area contributed by atoms with E-state index in [4.69, 9.17) is 9.47 Å². The van der Waals surface area contributed by atoms with E-state index in [0.717, 1.165) is 10.8 Å². The summed E-state index contributed by atoms with van der Waals surface area (Å²) in [5.74, 6) is 1.18. The predicted octanol–water partition coefficient (Wildman–Crippen LogP) is 5.27. The SMILES string of the molecule is COc1cccc(-n2c(=C(C#N)C#N)c3ccccc3/c2=c2/c3ccccc3c(=C(C#N)C#N)n2-c2cccc(OC)c2)c1. The van der Waals surface area contributed by atoms with Gasteiger partial charge in [0, 0.05) is 33.7 Å². The van der Waals surface area contributed by atoms with Gasteiger partial charge >= 0.3 is 0 Å². The van der Waals surface area contributed by atoms with Gasteiger partial charge in [-0.3, -0.25) is 0 Å². The van der Waals surface area contributed by atoms with Crippen molar-refractivity contribution in [3.63, 3.8) is 0 Å². The van der Waals surface area contributed by atoms with Crippen LogP contribution in [-0.4, -0.2) is 23.4 Å². The average Bonchev–Trinajstić information content (AvgIpc) is 3.59. The van der Waals surface area contributed by atoms with Crippen molar-refractivity contribution in [2.24, 2.45) is 0 Å². The van der Waals surface area contributed by atoms with Gasteiger partial charge in [-0.1, -0.05) is 60.7 Å². The highest BCUT2D eigenvalue weighted by molar-refractivity contribution is 5.93. The molecule has 0 saturated heterocycles. The lowest BCUT2D eigenvalue weighted by Gasteiger charge is -2.11. The molecule has 0 fully saturated rings. The van der Waals surface area contributed by atoms with Crippen LogP contribution in [-0.2, 0) is 0 Å². The van der Waals surface area contributed by atoms with E-state index in [-0.39, 0.29) is 11.1 Å². The van der Waals surface area contributed by atoms with Crippen LogP contribution in [0.25, 0.3) is 44.1 Å². The predicted molar refractivity (Wildman–Crippen MR) is 166 cm³/mol. The minimum atomic E-state index is -0.0689. The zero-order valence-corrected chi connectivity index (χ0v) is 23.7. The first-order chi connectivity index (χ1) is 21.6. The molecule has 0 spiro atoms. The maximum atomic E-state index is 10.2. The van der Waals surface area contributed by atoms with Gasteiger partial charge in [-0.15, -0.1) is 0 Å². The van der Waals surface area contributed by atoms with Crippen LogP contribution in [0.15, 0.2) is 97.1 Å². The Hall–Kier alpha value is -6.74. The van der Waals surface area contributed by atoms with Crippen molar-refractivity contribution < 1.29 is 9.47 Å². The molecule has 0 unspecified atom stereocenters. The van der Waals surface area contributed by atoms with Gasteiger partial charge in [-0.05, 0) is 24.3 Å². The van der Waals surface area contributed by atoms with Crippen LogP contribution in [0.1, 0.15) is 0 Å². The van der Waals surface area contributed by atoms with Gasteiger partial charge in [0.1, 0.15) is 35.8 Å². The third kappa shape index (κ3) is 4.20. The molecule has 0 amide bonds. The number of hydrogen-bond donors (Lipinski definition) is 0. The normalized spacial score (nSPS) is 11.2. The van der Waals surface area contributed by atoms with Gasteiger partial charge < -0.3 is 18.6 Å². The number of hydrogen-bond acceptors (Lipinski definition) is 6. The number of nitriles is 4. The van der Waals surface area contributed by atoms with Crippen molar-refractivity contribution in [2.45, 2.75) is 0 Å².